The Bertz CT molecular complexity index is 1390. The van der Waals surface area contributed by atoms with Crippen LogP contribution in [-0.2, 0) is 0 Å². The van der Waals surface area contributed by atoms with E-state index in [0.717, 1.165) is 40.2 Å². The third-order valence-electron chi connectivity index (χ3n) is 6.63. The zero-order chi connectivity index (χ0) is 25.4. The van der Waals surface area contributed by atoms with E-state index in [-0.39, 0.29) is 0 Å². The van der Waals surface area contributed by atoms with Gasteiger partial charge in [-0.1, -0.05) is 6.92 Å². The topological polar surface area (TPSA) is 88.4 Å². The third-order valence-corrected chi connectivity index (χ3v) is 6.63. The van der Waals surface area contributed by atoms with Crippen LogP contribution >= 0.6 is 0 Å². The first-order chi connectivity index (χ1) is 17.5. The molecule has 2 unspecified atom stereocenters. The van der Waals surface area contributed by atoms with Crippen molar-refractivity contribution in [1.82, 2.24) is 14.6 Å². The molecule has 2 heterocycles. The van der Waals surface area contributed by atoms with E-state index in [9.17, 15) is 0 Å². The van der Waals surface area contributed by atoms with E-state index in [1.165, 1.54) is 0 Å². The number of rotatable bonds is 9. The van der Waals surface area contributed by atoms with E-state index < -0.39 is 0 Å². The molecule has 2 aromatic heterocycles. The zero-order valence-corrected chi connectivity index (χ0v) is 21.3. The Kier molecular flexibility index (Phi) is 6.22. The van der Waals surface area contributed by atoms with E-state index in [2.05, 4.69) is 23.4 Å². The minimum absolute atomic E-state index is 0.459. The van der Waals surface area contributed by atoms with Crippen molar-refractivity contribution in [3.63, 3.8) is 0 Å². The van der Waals surface area contributed by atoms with Crippen LogP contribution in [-0.4, -0.2) is 50.1 Å². The van der Waals surface area contributed by atoms with Gasteiger partial charge < -0.3 is 29.0 Å². The standard InChI is InChI=1S/C27H30N4O5/c1-15-9-18(15)19-10-16(11-21(32-2)25(19)35-5)20-14-28-31-8-7-24(30-27(20)31)29-17-12-22(33-3)26(36-6)23(13-17)34-4/h7-8,10-15,18H,9H2,1-6H3,(H,29,30). The highest BCUT2D eigenvalue weighted by Gasteiger charge is 2.37. The fourth-order valence-corrected chi connectivity index (χ4v) is 4.62. The minimum atomic E-state index is 0.459. The lowest BCUT2D eigenvalue weighted by Crippen LogP contribution is -2.00. The molecule has 0 saturated heterocycles. The van der Waals surface area contributed by atoms with Crippen molar-refractivity contribution in [2.24, 2.45) is 5.92 Å². The maximum atomic E-state index is 5.72. The van der Waals surface area contributed by atoms with Crippen LogP contribution in [0.1, 0.15) is 24.8 Å². The van der Waals surface area contributed by atoms with Gasteiger partial charge in [0.2, 0.25) is 5.75 Å². The number of fused-ring (bicyclic) bond motifs is 1. The highest BCUT2D eigenvalue weighted by molar-refractivity contribution is 5.81. The lowest BCUT2D eigenvalue weighted by molar-refractivity contribution is 0.324. The maximum Gasteiger partial charge on any atom is 0.203 e. The van der Waals surface area contributed by atoms with E-state index >= 15 is 0 Å². The van der Waals surface area contributed by atoms with Gasteiger partial charge >= 0.3 is 0 Å². The van der Waals surface area contributed by atoms with Crippen molar-refractivity contribution in [3.8, 4) is 39.9 Å². The van der Waals surface area contributed by atoms with Crippen molar-refractivity contribution in [2.45, 2.75) is 19.3 Å². The molecule has 1 fully saturated rings. The Labute approximate surface area is 209 Å². The second-order valence-corrected chi connectivity index (χ2v) is 8.80. The minimum Gasteiger partial charge on any atom is -0.493 e. The van der Waals surface area contributed by atoms with Crippen molar-refractivity contribution in [2.75, 3.05) is 40.9 Å². The highest BCUT2D eigenvalue weighted by Crippen LogP contribution is 2.53. The molecule has 1 aliphatic carbocycles. The summed E-state index contributed by atoms with van der Waals surface area (Å²) in [6.45, 7) is 2.25. The Morgan fingerprint density at radius 1 is 0.861 bits per heavy atom. The monoisotopic (exact) mass is 490 g/mol. The first-order valence-electron chi connectivity index (χ1n) is 11.7. The number of hydrogen-bond acceptors (Lipinski definition) is 8. The molecule has 188 valence electrons. The molecule has 9 heteroatoms. The first-order valence-corrected chi connectivity index (χ1v) is 11.7. The maximum absolute atomic E-state index is 5.72. The van der Waals surface area contributed by atoms with Gasteiger partial charge in [0.1, 0.15) is 5.82 Å². The average Bonchev–Trinajstić information content (AvgIpc) is 3.49. The summed E-state index contributed by atoms with van der Waals surface area (Å²) in [6.07, 6.45) is 4.84. The Morgan fingerprint density at radius 3 is 2.08 bits per heavy atom. The van der Waals surface area contributed by atoms with Gasteiger partial charge in [-0.15, -0.1) is 0 Å². The normalized spacial score (nSPS) is 16.5. The van der Waals surface area contributed by atoms with E-state index in [4.69, 9.17) is 28.7 Å². The summed E-state index contributed by atoms with van der Waals surface area (Å²) in [4.78, 5) is 4.87. The predicted octanol–water partition coefficient (Wildman–Crippen LogP) is 5.31. The van der Waals surface area contributed by atoms with Crippen LogP contribution in [0.5, 0.6) is 28.7 Å². The number of methoxy groups -OCH3 is 5. The number of nitrogens with zero attached hydrogens (tertiary/aromatic N) is 3. The molecule has 1 N–H and O–H groups in total. The van der Waals surface area contributed by atoms with Gasteiger partial charge in [0.15, 0.2) is 28.6 Å². The largest absolute Gasteiger partial charge is 0.493 e. The molecule has 1 aliphatic rings. The number of nitrogens with one attached hydrogen (secondary N) is 1. The molecular formula is C27H30N4O5. The molecule has 0 radical (unpaired) electrons. The molecule has 5 rings (SSSR count). The molecule has 0 bridgehead atoms. The summed E-state index contributed by atoms with van der Waals surface area (Å²) < 4.78 is 29.5. The third kappa shape index (κ3) is 4.10. The molecule has 2 atom stereocenters. The van der Waals surface area contributed by atoms with Crippen LogP contribution in [0.4, 0.5) is 11.5 Å². The molecule has 1 saturated carbocycles. The summed E-state index contributed by atoms with van der Waals surface area (Å²) >= 11 is 0. The molecule has 0 amide bonds. The van der Waals surface area contributed by atoms with Gasteiger partial charge in [-0.05, 0) is 42.0 Å². The molecular weight excluding hydrogens is 460 g/mol. The van der Waals surface area contributed by atoms with Crippen molar-refractivity contribution < 1.29 is 23.7 Å². The van der Waals surface area contributed by atoms with Gasteiger partial charge in [-0.2, -0.15) is 5.10 Å². The summed E-state index contributed by atoms with van der Waals surface area (Å²) in [6, 6.07) is 9.68. The van der Waals surface area contributed by atoms with Gasteiger partial charge in [0.25, 0.3) is 0 Å². The predicted molar refractivity (Wildman–Crippen MR) is 137 cm³/mol. The van der Waals surface area contributed by atoms with Crippen LogP contribution in [0.15, 0.2) is 42.7 Å². The molecule has 2 aromatic carbocycles. The van der Waals surface area contributed by atoms with Crippen LogP contribution in [0.2, 0.25) is 0 Å². The van der Waals surface area contributed by atoms with Gasteiger partial charge in [-0.25, -0.2) is 9.50 Å². The van der Waals surface area contributed by atoms with Crippen LogP contribution in [0.25, 0.3) is 16.8 Å². The number of anilines is 2. The Morgan fingerprint density at radius 2 is 1.50 bits per heavy atom. The van der Waals surface area contributed by atoms with Gasteiger partial charge in [-0.3, -0.25) is 0 Å². The smallest absolute Gasteiger partial charge is 0.203 e. The number of benzene rings is 2. The second kappa shape index (κ2) is 9.49. The Hall–Kier alpha value is -4.14. The highest BCUT2D eigenvalue weighted by atomic mass is 16.5. The van der Waals surface area contributed by atoms with Crippen LogP contribution < -0.4 is 29.0 Å². The van der Waals surface area contributed by atoms with Gasteiger partial charge in [0, 0.05) is 35.1 Å². The van der Waals surface area contributed by atoms with Crippen molar-refractivity contribution in [3.05, 3.63) is 48.3 Å². The SMILES string of the molecule is COc1cc(Nc2ccn3ncc(-c4cc(OC)c(OC)c(C5CC5C)c4)c3n2)cc(OC)c1OC. The summed E-state index contributed by atoms with van der Waals surface area (Å²) in [5, 5.41) is 7.86. The van der Waals surface area contributed by atoms with Crippen LogP contribution in [0, 0.1) is 5.92 Å². The van der Waals surface area contributed by atoms with Gasteiger partial charge in [0.05, 0.1) is 41.7 Å². The Balaban J connectivity index is 1.55. The fourth-order valence-electron chi connectivity index (χ4n) is 4.62. The molecule has 36 heavy (non-hydrogen) atoms. The summed E-state index contributed by atoms with van der Waals surface area (Å²) in [7, 11) is 8.10. The fraction of sp³-hybridized carbons (Fsp3) is 0.333. The second-order valence-electron chi connectivity index (χ2n) is 8.80. The molecule has 9 nitrogen and oxygen atoms in total. The van der Waals surface area contributed by atoms with E-state index in [1.54, 1.807) is 40.1 Å². The lowest BCUT2D eigenvalue weighted by Gasteiger charge is -2.15. The summed E-state index contributed by atoms with van der Waals surface area (Å²) in [5.74, 6) is 4.86. The van der Waals surface area contributed by atoms with E-state index in [1.807, 2.05) is 36.7 Å². The van der Waals surface area contributed by atoms with Crippen molar-refractivity contribution in [1.29, 1.82) is 0 Å². The average molecular weight is 491 g/mol. The molecule has 0 spiro atoms. The number of ether oxygens (including phenoxy) is 5. The summed E-state index contributed by atoms with van der Waals surface area (Å²) in [5.41, 5.74) is 4.51. The number of hydrogen-bond donors (Lipinski definition) is 1. The van der Waals surface area contributed by atoms with Crippen LogP contribution in [0.3, 0.4) is 0 Å². The zero-order valence-electron chi connectivity index (χ0n) is 21.3. The molecule has 0 aliphatic heterocycles. The quantitative estimate of drug-likeness (QED) is 0.338. The first kappa shape index (κ1) is 23.6. The van der Waals surface area contributed by atoms with Crippen molar-refractivity contribution >= 4 is 17.2 Å². The van der Waals surface area contributed by atoms with E-state index in [0.29, 0.717) is 40.7 Å². The number of aromatic nitrogens is 3. The lowest BCUT2D eigenvalue weighted by atomic mass is 10.00. The molecule has 4 aromatic rings.